The van der Waals surface area contributed by atoms with Crippen LogP contribution < -0.4 is 5.73 Å². The summed E-state index contributed by atoms with van der Waals surface area (Å²) in [6.07, 6.45) is 0.873. The Kier molecular flexibility index (Phi) is 1.85. The quantitative estimate of drug-likeness (QED) is 0.470. The monoisotopic (exact) mass is 156 g/mol. The van der Waals surface area contributed by atoms with Crippen molar-refractivity contribution in [1.82, 2.24) is 0 Å². The Morgan fingerprint density at radius 3 is 2.36 bits per heavy atom. The van der Waals surface area contributed by atoms with Crippen LogP contribution >= 0.6 is 0 Å². The van der Waals surface area contributed by atoms with Gasteiger partial charge in [0.05, 0.1) is 0 Å². The second-order valence-corrected chi connectivity index (χ2v) is 2.04. The van der Waals surface area contributed by atoms with E-state index in [2.05, 4.69) is 0 Å². The zero-order chi connectivity index (χ0) is 8.43. The number of benzene rings is 1. The Bertz CT molecular complexity index is 297. The maximum atomic E-state index is 12.4. The van der Waals surface area contributed by atoms with Gasteiger partial charge in [-0.2, -0.15) is 0 Å². The van der Waals surface area contributed by atoms with E-state index in [0.29, 0.717) is 0 Å². The number of rotatable bonds is 1. The molecule has 0 radical (unpaired) electrons. The van der Waals surface area contributed by atoms with Crippen molar-refractivity contribution in [3.05, 3.63) is 29.3 Å². The van der Waals surface area contributed by atoms with Gasteiger partial charge < -0.3 is 11.1 Å². The summed E-state index contributed by atoms with van der Waals surface area (Å²) in [4.78, 5) is 0. The number of hydrogen-bond donors (Lipinski definition) is 2. The molecule has 0 unspecified atom stereocenters. The van der Waals surface area contributed by atoms with E-state index in [1.54, 1.807) is 0 Å². The van der Waals surface area contributed by atoms with Crippen LogP contribution in [0.15, 0.2) is 12.1 Å². The Morgan fingerprint density at radius 1 is 1.27 bits per heavy atom. The van der Waals surface area contributed by atoms with E-state index in [1.165, 1.54) is 0 Å². The number of nitrogens with two attached hydrogens (primary N) is 1. The molecule has 0 aliphatic heterocycles. The lowest BCUT2D eigenvalue weighted by molar-refractivity contribution is 0.509. The number of nitrogen functional groups attached to an aromatic ring is 1. The maximum Gasteiger partial charge on any atom is 0.160 e. The molecule has 11 heavy (non-hydrogen) atoms. The summed E-state index contributed by atoms with van der Waals surface area (Å²) in [6, 6.07) is 1.74. The van der Waals surface area contributed by atoms with Crippen LogP contribution in [0, 0.1) is 17.0 Å². The molecule has 58 valence electrons. The Morgan fingerprint density at radius 2 is 1.82 bits per heavy atom. The minimum atomic E-state index is -0.992. The zero-order valence-corrected chi connectivity index (χ0v) is 5.57. The first kappa shape index (κ1) is 7.65. The molecule has 0 heterocycles. The molecule has 3 N–H and O–H groups in total. The molecule has 0 saturated carbocycles. The van der Waals surface area contributed by atoms with Crippen LogP contribution in [-0.4, -0.2) is 6.21 Å². The number of nitrogens with one attached hydrogen (secondary N) is 1. The topological polar surface area (TPSA) is 49.9 Å². The van der Waals surface area contributed by atoms with Gasteiger partial charge in [-0.25, -0.2) is 8.78 Å². The first-order chi connectivity index (χ1) is 5.15. The average molecular weight is 156 g/mol. The third kappa shape index (κ3) is 1.34. The fourth-order valence-electron chi connectivity index (χ4n) is 0.703. The van der Waals surface area contributed by atoms with Crippen LogP contribution in [0.5, 0.6) is 0 Å². The first-order valence-corrected chi connectivity index (χ1v) is 2.90. The lowest BCUT2D eigenvalue weighted by atomic mass is 10.2. The molecule has 4 heteroatoms. The summed E-state index contributed by atoms with van der Waals surface area (Å²) >= 11 is 0. The summed E-state index contributed by atoms with van der Waals surface area (Å²) in [7, 11) is 0. The summed E-state index contributed by atoms with van der Waals surface area (Å²) in [5.41, 5.74) is 5.50. The predicted molar refractivity (Wildman–Crippen MR) is 38.7 cm³/mol. The van der Waals surface area contributed by atoms with Gasteiger partial charge in [-0.15, -0.1) is 0 Å². The summed E-state index contributed by atoms with van der Waals surface area (Å²) in [5.74, 6) is -1.98. The Hall–Kier alpha value is -1.45. The van der Waals surface area contributed by atoms with E-state index in [0.717, 1.165) is 18.3 Å². The zero-order valence-electron chi connectivity index (χ0n) is 5.57. The van der Waals surface area contributed by atoms with Gasteiger partial charge in [-0.05, 0) is 6.07 Å². The fourth-order valence-corrected chi connectivity index (χ4v) is 0.703. The average Bonchev–Trinajstić information content (AvgIpc) is 1.97. The molecule has 0 aromatic heterocycles. The molecule has 0 fully saturated rings. The van der Waals surface area contributed by atoms with Crippen molar-refractivity contribution < 1.29 is 8.78 Å². The largest absolute Gasteiger partial charge is 0.398 e. The summed E-state index contributed by atoms with van der Waals surface area (Å²) < 4.78 is 24.8. The van der Waals surface area contributed by atoms with Crippen LogP contribution in [-0.2, 0) is 0 Å². The third-order valence-electron chi connectivity index (χ3n) is 1.28. The molecule has 2 nitrogen and oxygen atoms in total. The van der Waals surface area contributed by atoms with E-state index < -0.39 is 11.6 Å². The van der Waals surface area contributed by atoms with Gasteiger partial charge in [0.25, 0.3) is 0 Å². The van der Waals surface area contributed by atoms with Crippen molar-refractivity contribution in [1.29, 1.82) is 5.41 Å². The molecule has 0 aliphatic carbocycles. The van der Waals surface area contributed by atoms with E-state index in [4.69, 9.17) is 11.1 Å². The van der Waals surface area contributed by atoms with E-state index in [9.17, 15) is 8.78 Å². The minimum absolute atomic E-state index is 0.0684. The van der Waals surface area contributed by atoms with Crippen molar-refractivity contribution in [2.24, 2.45) is 0 Å². The van der Waals surface area contributed by atoms with Gasteiger partial charge in [-0.3, -0.25) is 0 Å². The Labute approximate surface area is 62.2 Å². The van der Waals surface area contributed by atoms with Crippen molar-refractivity contribution in [2.75, 3.05) is 5.73 Å². The van der Waals surface area contributed by atoms with Gasteiger partial charge in [0.2, 0.25) is 0 Å². The van der Waals surface area contributed by atoms with Gasteiger partial charge in [0.1, 0.15) is 0 Å². The SMILES string of the molecule is N=Cc1cc(F)c(F)cc1N. The van der Waals surface area contributed by atoms with Crippen LogP contribution in [0.1, 0.15) is 5.56 Å². The highest BCUT2D eigenvalue weighted by molar-refractivity contribution is 5.84. The fraction of sp³-hybridized carbons (Fsp3) is 0. The van der Waals surface area contributed by atoms with Gasteiger partial charge in [-0.1, -0.05) is 0 Å². The highest BCUT2D eigenvalue weighted by atomic mass is 19.2. The highest BCUT2D eigenvalue weighted by Crippen LogP contribution is 2.14. The van der Waals surface area contributed by atoms with E-state index in [1.807, 2.05) is 0 Å². The number of halogens is 2. The van der Waals surface area contributed by atoms with Crippen molar-refractivity contribution in [3.63, 3.8) is 0 Å². The Balaban J connectivity index is 3.31. The van der Waals surface area contributed by atoms with Gasteiger partial charge in [0, 0.05) is 23.5 Å². The van der Waals surface area contributed by atoms with Crippen LogP contribution in [0.25, 0.3) is 0 Å². The molecular formula is C7H6F2N2. The maximum absolute atomic E-state index is 12.4. The normalized spacial score (nSPS) is 9.64. The van der Waals surface area contributed by atoms with E-state index in [-0.39, 0.29) is 11.3 Å². The molecule has 0 atom stereocenters. The minimum Gasteiger partial charge on any atom is -0.398 e. The smallest absolute Gasteiger partial charge is 0.160 e. The molecule has 1 rings (SSSR count). The number of anilines is 1. The highest BCUT2D eigenvalue weighted by Gasteiger charge is 2.04. The van der Waals surface area contributed by atoms with Crippen LogP contribution in [0.4, 0.5) is 14.5 Å². The lowest BCUT2D eigenvalue weighted by Gasteiger charge is -1.99. The molecule has 0 amide bonds. The molecule has 1 aromatic carbocycles. The third-order valence-corrected chi connectivity index (χ3v) is 1.28. The molecule has 1 aromatic rings. The van der Waals surface area contributed by atoms with Crippen LogP contribution in [0.2, 0.25) is 0 Å². The molecule has 0 saturated heterocycles. The van der Waals surface area contributed by atoms with Crippen molar-refractivity contribution in [3.8, 4) is 0 Å². The standard InChI is InChI=1S/C7H6F2N2/c8-5-1-4(3-10)7(11)2-6(5)9/h1-3,10H,11H2. The van der Waals surface area contributed by atoms with Crippen molar-refractivity contribution >= 4 is 11.9 Å². The van der Waals surface area contributed by atoms with Gasteiger partial charge in [0.15, 0.2) is 11.6 Å². The molecule has 0 aliphatic rings. The predicted octanol–water partition coefficient (Wildman–Crippen LogP) is 1.54. The van der Waals surface area contributed by atoms with Crippen LogP contribution in [0.3, 0.4) is 0 Å². The van der Waals surface area contributed by atoms with E-state index >= 15 is 0 Å². The summed E-state index contributed by atoms with van der Waals surface area (Å²) in [5, 5.41) is 6.76. The summed E-state index contributed by atoms with van der Waals surface area (Å²) in [6.45, 7) is 0. The molecular weight excluding hydrogens is 150 g/mol. The second-order valence-electron chi connectivity index (χ2n) is 2.04. The first-order valence-electron chi connectivity index (χ1n) is 2.90. The van der Waals surface area contributed by atoms with Gasteiger partial charge >= 0.3 is 0 Å². The second kappa shape index (κ2) is 2.65. The lowest BCUT2D eigenvalue weighted by Crippen LogP contribution is -1.96. The van der Waals surface area contributed by atoms with Crippen molar-refractivity contribution in [2.45, 2.75) is 0 Å². The molecule has 0 spiro atoms. The number of hydrogen-bond acceptors (Lipinski definition) is 2. The molecule has 0 bridgehead atoms.